The Bertz CT molecular complexity index is 356. The summed E-state index contributed by atoms with van der Waals surface area (Å²) >= 11 is 0. The standard InChI is InChI=1S/C14H19NO2/c16-11-10-15-8-6-13(7-9-15)14(17)12-4-2-1-3-5-12/h1-5,13,16H,6-11H2. The highest BCUT2D eigenvalue weighted by molar-refractivity contribution is 5.97. The van der Waals surface area contributed by atoms with E-state index in [-0.39, 0.29) is 18.3 Å². The summed E-state index contributed by atoms with van der Waals surface area (Å²) in [7, 11) is 0. The molecule has 0 aliphatic carbocycles. The second-order valence-electron chi connectivity index (χ2n) is 4.57. The molecule has 0 aromatic heterocycles. The number of hydrogen-bond donors (Lipinski definition) is 1. The molecule has 1 aliphatic rings. The van der Waals surface area contributed by atoms with Crippen molar-refractivity contribution in [2.45, 2.75) is 12.8 Å². The molecule has 0 unspecified atom stereocenters. The lowest BCUT2D eigenvalue weighted by atomic mass is 9.89. The molecule has 1 fully saturated rings. The Labute approximate surface area is 102 Å². The maximum Gasteiger partial charge on any atom is 0.166 e. The van der Waals surface area contributed by atoms with Gasteiger partial charge in [0.05, 0.1) is 6.61 Å². The van der Waals surface area contributed by atoms with Crippen molar-refractivity contribution in [1.82, 2.24) is 4.90 Å². The van der Waals surface area contributed by atoms with Gasteiger partial charge < -0.3 is 10.0 Å². The van der Waals surface area contributed by atoms with Gasteiger partial charge in [-0.25, -0.2) is 0 Å². The molecule has 1 aromatic carbocycles. The normalized spacial score (nSPS) is 18.2. The molecule has 0 spiro atoms. The van der Waals surface area contributed by atoms with Crippen molar-refractivity contribution in [3.05, 3.63) is 35.9 Å². The fourth-order valence-corrected chi connectivity index (χ4v) is 2.40. The van der Waals surface area contributed by atoms with Crippen LogP contribution in [-0.2, 0) is 0 Å². The number of β-amino-alcohol motifs (C(OH)–C–C–N with tert-alkyl or cyclic N) is 1. The largest absolute Gasteiger partial charge is 0.395 e. The Hall–Kier alpha value is -1.19. The number of rotatable bonds is 4. The van der Waals surface area contributed by atoms with Crippen LogP contribution in [0.25, 0.3) is 0 Å². The lowest BCUT2D eigenvalue weighted by Gasteiger charge is -2.30. The van der Waals surface area contributed by atoms with Crippen molar-refractivity contribution < 1.29 is 9.90 Å². The molecule has 0 saturated carbocycles. The van der Waals surface area contributed by atoms with Crippen LogP contribution in [0.15, 0.2) is 30.3 Å². The predicted octanol–water partition coefficient (Wildman–Crippen LogP) is 1.57. The van der Waals surface area contributed by atoms with Crippen LogP contribution in [0.1, 0.15) is 23.2 Å². The maximum atomic E-state index is 12.2. The van der Waals surface area contributed by atoms with E-state index in [2.05, 4.69) is 4.90 Å². The first-order valence-electron chi connectivity index (χ1n) is 6.23. The average Bonchev–Trinajstić information content (AvgIpc) is 2.40. The third-order valence-corrected chi connectivity index (χ3v) is 3.43. The van der Waals surface area contributed by atoms with Crippen LogP contribution in [0, 0.1) is 5.92 Å². The molecule has 17 heavy (non-hydrogen) atoms. The summed E-state index contributed by atoms with van der Waals surface area (Å²) in [5, 5.41) is 8.86. The molecule has 1 heterocycles. The maximum absolute atomic E-state index is 12.2. The molecule has 92 valence electrons. The third kappa shape index (κ3) is 3.14. The van der Waals surface area contributed by atoms with Gasteiger partial charge in [-0.15, -0.1) is 0 Å². The Kier molecular flexibility index (Phi) is 4.29. The topological polar surface area (TPSA) is 40.5 Å². The van der Waals surface area contributed by atoms with Gasteiger partial charge in [0.25, 0.3) is 0 Å². The van der Waals surface area contributed by atoms with E-state index in [0.29, 0.717) is 0 Å². The number of ketones is 1. The van der Waals surface area contributed by atoms with E-state index in [1.807, 2.05) is 30.3 Å². The Balaban J connectivity index is 1.91. The average molecular weight is 233 g/mol. The van der Waals surface area contributed by atoms with Gasteiger partial charge >= 0.3 is 0 Å². The minimum absolute atomic E-state index is 0.160. The van der Waals surface area contributed by atoms with Gasteiger partial charge in [0.2, 0.25) is 0 Å². The molecular weight excluding hydrogens is 214 g/mol. The highest BCUT2D eigenvalue weighted by atomic mass is 16.3. The zero-order valence-corrected chi connectivity index (χ0v) is 10.0. The van der Waals surface area contributed by atoms with E-state index >= 15 is 0 Å². The van der Waals surface area contributed by atoms with Gasteiger partial charge in [-0.2, -0.15) is 0 Å². The molecule has 0 amide bonds. The van der Waals surface area contributed by atoms with E-state index < -0.39 is 0 Å². The van der Waals surface area contributed by atoms with Gasteiger partial charge in [0.1, 0.15) is 0 Å². The van der Waals surface area contributed by atoms with Crippen LogP contribution < -0.4 is 0 Å². The molecule has 1 saturated heterocycles. The lowest BCUT2D eigenvalue weighted by Crippen LogP contribution is -2.37. The van der Waals surface area contributed by atoms with Crippen LogP contribution in [0.3, 0.4) is 0 Å². The number of piperidine rings is 1. The van der Waals surface area contributed by atoms with Crippen molar-refractivity contribution >= 4 is 5.78 Å². The zero-order chi connectivity index (χ0) is 12.1. The van der Waals surface area contributed by atoms with Crippen LogP contribution in [-0.4, -0.2) is 42.0 Å². The Morgan fingerprint density at radius 3 is 2.47 bits per heavy atom. The number of aliphatic hydroxyl groups is 1. The molecule has 1 aliphatic heterocycles. The summed E-state index contributed by atoms with van der Waals surface area (Å²) in [5.41, 5.74) is 0.827. The van der Waals surface area contributed by atoms with Gasteiger partial charge in [-0.1, -0.05) is 30.3 Å². The second-order valence-corrected chi connectivity index (χ2v) is 4.57. The molecule has 0 atom stereocenters. The van der Waals surface area contributed by atoms with E-state index in [1.54, 1.807) is 0 Å². The van der Waals surface area contributed by atoms with Crippen molar-refractivity contribution in [3.63, 3.8) is 0 Å². The van der Waals surface area contributed by atoms with E-state index in [4.69, 9.17) is 5.11 Å². The minimum Gasteiger partial charge on any atom is -0.395 e. The van der Waals surface area contributed by atoms with Crippen molar-refractivity contribution in [1.29, 1.82) is 0 Å². The van der Waals surface area contributed by atoms with Gasteiger partial charge in [-0.05, 0) is 25.9 Å². The number of carbonyl (C=O) groups excluding carboxylic acids is 1. The molecule has 1 aromatic rings. The number of nitrogens with zero attached hydrogens (tertiary/aromatic N) is 1. The number of hydrogen-bond acceptors (Lipinski definition) is 3. The third-order valence-electron chi connectivity index (χ3n) is 3.43. The van der Waals surface area contributed by atoms with Gasteiger partial charge in [-0.3, -0.25) is 4.79 Å². The first kappa shape index (κ1) is 12.3. The summed E-state index contributed by atoms with van der Waals surface area (Å²) in [4.78, 5) is 14.4. The van der Waals surface area contributed by atoms with Crippen LogP contribution in [0.2, 0.25) is 0 Å². The molecule has 0 bridgehead atoms. The number of benzene rings is 1. The van der Waals surface area contributed by atoms with Crippen molar-refractivity contribution in [2.75, 3.05) is 26.2 Å². The first-order valence-corrected chi connectivity index (χ1v) is 6.23. The fourth-order valence-electron chi connectivity index (χ4n) is 2.40. The summed E-state index contributed by atoms with van der Waals surface area (Å²) in [5.74, 6) is 0.432. The molecule has 2 rings (SSSR count). The van der Waals surface area contributed by atoms with E-state index in [9.17, 15) is 4.79 Å². The van der Waals surface area contributed by atoms with E-state index in [0.717, 1.165) is 38.0 Å². The fraction of sp³-hybridized carbons (Fsp3) is 0.500. The van der Waals surface area contributed by atoms with Crippen molar-refractivity contribution in [3.8, 4) is 0 Å². The molecular formula is C14H19NO2. The smallest absolute Gasteiger partial charge is 0.166 e. The Morgan fingerprint density at radius 2 is 1.88 bits per heavy atom. The molecule has 3 nitrogen and oxygen atoms in total. The molecule has 1 N–H and O–H groups in total. The lowest BCUT2D eigenvalue weighted by molar-refractivity contribution is 0.0823. The first-order chi connectivity index (χ1) is 8.31. The summed E-state index contributed by atoms with van der Waals surface area (Å²) in [6.45, 7) is 2.77. The highest BCUT2D eigenvalue weighted by Gasteiger charge is 2.25. The number of aliphatic hydroxyl groups excluding tert-OH is 1. The number of likely N-dealkylation sites (tertiary alicyclic amines) is 1. The highest BCUT2D eigenvalue weighted by Crippen LogP contribution is 2.21. The SMILES string of the molecule is O=C(c1ccccc1)C1CCN(CCO)CC1. The second kappa shape index (κ2) is 5.94. The van der Waals surface area contributed by atoms with E-state index in [1.165, 1.54) is 0 Å². The van der Waals surface area contributed by atoms with Gasteiger partial charge in [0, 0.05) is 18.0 Å². The number of carbonyl (C=O) groups is 1. The summed E-state index contributed by atoms with van der Waals surface area (Å²) in [6, 6.07) is 9.54. The number of Topliss-reactive ketones (excluding diaryl/α,β-unsaturated/α-hetero) is 1. The monoisotopic (exact) mass is 233 g/mol. The van der Waals surface area contributed by atoms with Crippen LogP contribution in [0.5, 0.6) is 0 Å². The zero-order valence-electron chi connectivity index (χ0n) is 10.0. The van der Waals surface area contributed by atoms with Crippen molar-refractivity contribution in [2.24, 2.45) is 5.92 Å². The van der Waals surface area contributed by atoms with Crippen LogP contribution in [0.4, 0.5) is 0 Å². The Morgan fingerprint density at radius 1 is 1.24 bits per heavy atom. The van der Waals surface area contributed by atoms with Gasteiger partial charge in [0.15, 0.2) is 5.78 Å². The molecule has 3 heteroatoms. The van der Waals surface area contributed by atoms with Crippen LogP contribution >= 0.6 is 0 Å². The minimum atomic E-state index is 0.160. The summed E-state index contributed by atoms with van der Waals surface area (Å²) in [6.07, 6.45) is 1.82. The molecule has 0 radical (unpaired) electrons. The predicted molar refractivity (Wildman–Crippen MR) is 67.0 cm³/mol. The summed E-state index contributed by atoms with van der Waals surface area (Å²) < 4.78 is 0. The quantitative estimate of drug-likeness (QED) is 0.803.